The summed E-state index contributed by atoms with van der Waals surface area (Å²) < 4.78 is 7.29. The van der Waals surface area contributed by atoms with Gasteiger partial charge in [-0.25, -0.2) is 0 Å². The van der Waals surface area contributed by atoms with Crippen LogP contribution in [0.25, 0.3) is 6.08 Å². The van der Waals surface area contributed by atoms with Gasteiger partial charge in [-0.2, -0.15) is 5.26 Å². The van der Waals surface area contributed by atoms with Crippen molar-refractivity contribution in [2.75, 3.05) is 11.9 Å². The van der Waals surface area contributed by atoms with Gasteiger partial charge in [0.2, 0.25) is 0 Å². The number of aromatic nitrogens is 1. The standard InChI is InChI=1S/C17H17N3O2/c1-3-22-16-9-5-4-8-15(16)19-17(21)13(12-18)11-14-7-6-10-20(14)2/h4-11H,3H2,1-2H3,(H,19,21)/b13-11+. The fourth-order valence-corrected chi connectivity index (χ4v) is 1.96. The number of aryl methyl sites for hydroxylation is 1. The smallest absolute Gasteiger partial charge is 0.266 e. The maximum Gasteiger partial charge on any atom is 0.266 e. The molecule has 0 saturated carbocycles. The molecule has 0 aliphatic rings. The van der Waals surface area contributed by atoms with Gasteiger partial charge in [-0.05, 0) is 37.3 Å². The van der Waals surface area contributed by atoms with Crippen LogP contribution in [0.2, 0.25) is 0 Å². The molecule has 5 heteroatoms. The first-order valence-corrected chi connectivity index (χ1v) is 6.92. The summed E-state index contributed by atoms with van der Waals surface area (Å²) in [5.41, 5.74) is 1.36. The lowest BCUT2D eigenvalue weighted by molar-refractivity contribution is -0.112. The Balaban J connectivity index is 2.23. The van der Waals surface area contributed by atoms with Crippen LogP contribution in [0.3, 0.4) is 0 Å². The average Bonchev–Trinajstić information content (AvgIpc) is 2.92. The van der Waals surface area contributed by atoms with Crippen molar-refractivity contribution in [3.05, 3.63) is 53.9 Å². The summed E-state index contributed by atoms with van der Waals surface area (Å²) in [7, 11) is 1.85. The Hall–Kier alpha value is -3.00. The predicted octanol–water partition coefficient (Wildman–Crippen LogP) is 2.97. The summed E-state index contributed by atoms with van der Waals surface area (Å²) in [6, 6.07) is 12.7. The number of nitrogens with one attached hydrogen (secondary N) is 1. The SMILES string of the molecule is CCOc1ccccc1NC(=O)/C(C#N)=C/c1cccn1C. The third-order valence-corrected chi connectivity index (χ3v) is 3.08. The largest absolute Gasteiger partial charge is 0.492 e. The van der Waals surface area contributed by atoms with Crippen molar-refractivity contribution in [3.63, 3.8) is 0 Å². The van der Waals surface area contributed by atoms with Crippen molar-refractivity contribution in [3.8, 4) is 11.8 Å². The normalized spacial score (nSPS) is 10.9. The molecule has 0 fully saturated rings. The van der Waals surface area contributed by atoms with Gasteiger partial charge >= 0.3 is 0 Å². The predicted molar refractivity (Wildman–Crippen MR) is 85.2 cm³/mol. The molecule has 0 aliphatic heterocycles. The first-order valence-electron chi connectivity index (χ1n) is 6.92. The molecule has 5 nitrogen and oxygen atoms in total. The van der Waals surface area contributed by atoms with Crippen molar-refractivity contribution in [1.29, 1.82) is 5.26 Å². The van der Waals surface area contributed by atoms with Crippen molar-refractivity contribution < 1.29 is 9.53 Å². The number of nitrogens with zero attached hydrogens (tertiary/aromatic N) is 2. The zero-order valence-electron chi connectivity index (χ0n) is 12.5. The number of hydrogen-bond acceptors (Lipinski definition) is 3. The summed E-state index contributed by atoms with van der Waals surface area (Å²) in [6.45, 7) is 2.37. The van der Waals surface area contributed by atoms with Crippen LogP contribution in [0.5, 0.6) is 5.75 Å². The summed E-state index contributed by atoms with van der Waals surface area (Å²) in [6.07, 6.45) is 3.40. The van der Waals surface area contributed by atoms with Crippen LogP contribution in [0.4, 0.5) is 5.69 Å². The van der Waals surface area contributed by atoms with Crippen LogP contribution in [0.1, 0.15) is 12.6 Å². The van der Waals surface area contributed by atoms with Gasteiger partial charge in [0.25, 0.3) is 5.91 Å². The summed E-state index contributed by atoms with van der Waals surface area (Å²) in [4.78, 5) is 12.3. The average molecular weight is 295 g/mol. The highest BCUT2D eigenvalue weighted by atomic mass is 16.5. The van der Waals surface area contributed by atoms with Crippen LogP contribution in [0, 0.1) is 11.3 Å². The topological polar surface area (TPSA) is 67.0 Å². The van der Waals surface area contributed by atoms with E-state index in [1.165, 1.54) is 0 Å². The van der Waals surface area contributed by atoms with Crippen molar-refractivity contribution in [2.45, 2.75) is 6.92 Å². The second-order valence-electron chi connectivity index (χ2n) is 4.60. The molecule has 112 valence electrons. The lowest BCUT2D eigenvalue weighted by Crippen LogP contribution is -2.14. The minimum atomic E-state index is -0.462. The number of benzene rings is 1. The Labute approximate surface area is 129 Å². The molecular weight excluding hydrogens is 278 g/mol. The van der Waals surface area contributed by atoms with E-state index in [0.717, 1.165) is 5.69 Å². The number of anilines is 1. The minimum Gasteiger partial charge on any atom is -0.492 e. The molecule has 2 aromatic rings. The molecule has 0 saturated heterocycles. The quantitative estimate of drug-likeness (QED) is 0.681. The molecule has 22 heavy (non-hydrogen) atoms. The maximum atomic E-state index is 12.3. The number of amides is 1. The number of para-hydroxylation sites is 2. The summed E-state index contributed by atoms with van der Waals surface area (Å²) in [5, 5.41) is 11.9. The molecule has 0 spiro atoms. The number of carbonyl (C=O) groups excluding carboxylic acids is 1. The highest BCUT2D eigenvalue weighted by Gasteiger charge is 2.12. The molecule has 1 aromatic heterocycles. The molecule has 0 unspecified atom stereocenters. The summed E-state index contributed by atoms with van der Waals surface area (Å²) >= 11 is 0. The van der Waals surface area contributed by atoms with E-state index in [0.29, 0.717) is 18.0 Å². The van der Waals surface area contributed by atoms with Gasteiger partial charge in [-0.15, -0.1) is 0 Å². The molecule has 2 rings (SSSR count). The van der Waals surface area contributed by atoms with Gasteiger partial charge in [0.1, 0.15) is 17.4 Å². The third kappa shape index (κ3) is 3.55. The second kappa shape index (κ2) is 7.14. The number of carbonyl (C=O) groups is 1. The van der Waals surface area contributed by atoms with Crippen LogP contribution in [-0.2, 0) is 11.8 Å². The molecule has 0 radical (unpaired) electrons. The molecule has 1 aromatic carbocycles. The van der Waals surface area contributed by atoms with Crippen LogP contribution in [0.15, 0.2) is 48.2 Å². The fourth-order valence-electron chi connectivity index (χ4n) is 1.96. The van der Waals surface area contributed by atoms with E-state index in [4.69, 9.17) is 4.74 Å². The monoisotopic (exact) mass is 295 g/mol. The number of ether oxygens (including phenoxy) is 1. The Bertz CT molecular complexity index is 738. The van der Waals surface area contributed by atoms with E-state index in [1.807, 2.05) is 49.0 Å². The molecular formula is C17H17N3O2. The Morgan fingerprint density at radius 3 is 2.77 bits per heavy atom. The zero-order valence-corrected chi connectivity index (χ0v) is 12.5. The first kappa shape index (κ1) is 15.4. The van der Waals surface area contributed by atoms with Gasteiger partial charge in [-0.3, -0.25) is 4.79 Å². The lowest BCUT2D eigenvalue weighted by atomic mass is 10.2. The highest BCUT2D eigenvalue weighted by Crippen LogP contribution is 2.24. The van der Waals surface area contributed by atoms with Gasteiger partial charge in [0, 0.05) is 18.9 Å². The van der Waals surface area contributed by atoms with Crippen molar-refractivity contribution in [2.24, 2.45) is 7.05 Å². The fraction of sp³-hybridized carbons (Fsp3) is 0.176. The van der Waals surface area contributed by atoms with E-state index in [1.54, 1.807) is 24.3 Å². The van der Waals surface area contributed by atoms with E-state index in [9.17, 15) is 10.1 Å². The molecule has 0 bridgehead atoms. The second-order valence-corrected chi connectivity index (χ2v) is 4.60. The van der Waals surface area contributed by atoms with Crippen molar-refractivity contribution in [1.82, 2.24) is 4.57 Å². The van der Waals surface area contributed by atoms with Gasteiger partial charge in [0.15, 0.2) is 0 Å². The Morgan fingerprint density at radius 2 is 2.14 bits per heavy atom. The van der Waals surface area contributed by atoms with Crippen LogP contribution in [-0.4, -0.2) is 17.1 Å². The third-order valence-electron chi connectivity index (χ3n) is 3.08. The van der Waals surface area contributed by atoms with Crippen LogP contribution < -0.4 is 10.1 Å². The lowest BCUT2D eigenvalue weighted by Gasteiger charge is -2.10. The van der Waals surface area contributed by atoms with Crippen molar-refractivity contribution >= 4 is 17.7 Å². The molecule has 0 atom stereocenters. The van der Waals surface area contributed by atoms with Crippen LogP contribution >= 0.6 is 0 Å². The van der Waals surface area contributed by atoms with Gasteiger partial charge in [-0.1, -0.05) is 12.1 Å². The van der Waals surface area contributed by atoms with E-state index >= 15 is 0 Å². The number of nitriles is 1. The Kier molecular flexibility index (Phi) is 4.99. The highest BCUT2D eigenvalue weighted by molar-refractivity contribution is 6.10. The number of rotatable bonds is 5. The minimum absolute atomic E-state index is 0.0353. The zero-order chi connectivity index (χ0) is 15.9. The number of hydrogen-bond donors (Lipinski definition) is 1. The van der Waals surface area contributed by atoms with E-state index in [2.05, 4.69) is 5.32 Å². The van der Waals surface area contributed by atoms with E-state index < -0.39 is 5.91 Å². The van der Waals surface area contributed by atoms with Gasteiger partial charge < -0.3 is 14.6 Å². The van der Waals surface area contributed by atoms with E-state index in [-0.39, 0.29) is 5.57 Å². The maximum absolute atomic E-state index is 12.3. The Morgan fingerprint density at radius 1 is 1.36 bits per heavy atom. The molecule has 1 N–H and O–H groups in total. The first-order chi connectivity index (χ1) is 10.7. The summed E-state index contributed by atoms with van der Waals surface area (Å²) in [5.74, 6) is 0.116. The van der Waals surface area contributed by atoms with Gasteiger partial charge in [0.05, 0.1) is 12.3 Å². The molecule has 1 amide bonds. The molecule has 1 heterocycles. The molecule has 0 aliphatic carbocycles.